The van der Waals surface area contributed by atoms with E-state index in [0.717, 1.165) is 18.9 Å². The number of benzene rings is 1. The van der Waals surface area contributed by atoms with E-state index in [1.54, 1.807) is 6.92 Å². The number of fused-ring (bicyclic) bond motifs is 1. The summed E-state index contributed by atoms with van der Waals surface area (Å²) in [5.74, 6) is -2.43. The Balaban J connectivity index is 1.34. The number of aryl methyl sites for hydroxylation is 1. The molecule has 1 aliphatic heterocycles. The molecule has 4 rings (SSSR count). The molecular weight excluding hydrogens is 399 g/mol. The molecule has 1 amide bonds. The third-order valence-corrected chi connectivity index (χ3v) is 5.63. The summed E-state index contributed by atoms with van der Waals surface area (Å²) in [4.78, 5) is 22.8. The van der Waals surface area contributed by atoms with Gasteiger partial charge in [-0.3, -0.25) is 4.79 Å². The molecule has 0 bridgehead atoms. The molecule has 1 saturated carbocycles. The summed E-state index contributed by atoms with van der Waals surface area (Å²) < 4.78 is 45.2. The van der Waals surface area contributed by atoms with Gasteiger partial charge in [-0.1, -0.05) is 0 Å². The van der Waals surface area contributed by atoms with Crippen molar-refractivity contribution in [2.75, 3.05) is 29.2 Å². The lowest BCUT2D eigenvalue weighted by atomic mass is 9.81. The molecule has 0 saturated heterocycles. The maximum Gasteiger partial charge on any atom is 0.246 e. The zero-order valence-electron chi connectivity index (χ0n) is 16.8. The third-order valence-electron chi connectivity index (χ3n) is 5.63. The van der Waals surface area contributed by atoms with E-state index in [2.05, 4.69) is 20.6 Å². The van der Waals surface area contributed by atoms with Gasteiger partial charge in [0.25, 0.3) is 0 Å². The highest BCUT2D eigenvalue weighted by Crippen LogP contribution is 2.34. The summed E-state index contributed by atoms with van der Waals surface area (Å²) in [5, 5.41) is 6.11. The van der Waals surface area contributed by atoms with Gasteiger partial charge < -0.3 is 20.3 Å². The van der Waals surface area contributed by atoms with Gasteiger partial charge in [0, 0.05) is 25.2 Å². The molecule has 1 aromatic carbocycles. The SMILES string of the molecule is Cc1nc(N[C@H]2C[C@@H](COc3cc(F)c(F)cc3F)C2)nc2c1NC(=O)[C@H](C)N2C. The number of aromatic nitrogens is 2. The average Bonchev–Trinajstić information content (AvgIpc) is 2.66. The van der Waals surface area contributed by atoms with Crippen molar-refractivity contribution in [1.29, 1.82) is 0 Å². The van der Waals surface area contributed by atoms with Gasteiger partial charge in [-0.2, -0.15) is 4.98 Å². The highest BCUT2D eigenvalue weighted by molar-refractivity contribution is 6.03. The van der Waals surface area contributed by atoms with Gasteiger partial charge in [0.1, 0.15) is 11.7 Å². The molecule has 2 aromatic rings. The number of nitrogens with zero attached hydrogens (tertiary/aromatic N) is 3. The molecule has 1 aliphatic carbocycles. The van der Waals surface area contributed by atoms with Gasteiger partial charge in [-0.25, -0.2) is 18.2 Å². The maximum absolute atomic E-state index is 13.6. The van der Waals surface area contributed by atoms with Crippen molar-refractivity contribution in [2.24, 2.45) is 5.92 Å². The van der Waals surface area contributed by atoms with Gasteiger partial charge >= 0.3 is 0 Å². The van der Waals surface area contributed by atoms with Crippen LogP contribution in [0.15, 0.2) is 12.1 Å². The molecule has 1 atom stereocenters. The second-order valence-electron chi connectivity index (χ2n) is 7.79. The van der Waals surface area contributed by atoms with Gasteiger partial charge in [0.2, 0.25) is 11.9 Å². The van der Waals surface area contributed by atoms with E-state index in [-0.39, 0.29) is 36.3 Å². The Morgan fingerprint density at radius 3 is 2.63 bits per heavy atom. The van der Waals surface area contributed by atoms with E-state index < -0.39 is 17.5 Å². The molecule has 1 fully saturated rings. The van der Waals surface area contributed by atoms with E-state index in [9.17, 15) is 18.0 Å². The van der Waals surface area contributed by atoms with Crippen molar-refractivity contribution in [3.05, 3.63) is 35.3 Å². The molecule has 2 aliphatic rings. The fourth-order valence-corrected chi connectivity index (χ4v) is 3.61. The third kappa shape index (κ3) is 3.73. The van der Waals surface area contributed by atoms with Crippen LogP contribution in [0.3, 0.4) is 0 Å². The second-order valence-corrected chi connectivity index (χ2v) is 7.79. The summed E-state index contributed by atoms with van der Waals surface area (Å²) >= 11 is 0. The van der Waals surface area contributed by atoms with Crippen molar-refractivity contribution in [3.8, 4) is 5.75 Å². The minimum absolute atomic E-state index is 0.100. The van der Waals surface area contributed by atoms with Crippen LogP contribution in [-0.2, 0) is 4.79 Å². The Labute approximate surface area is 171 Å². The first-order valence-corrected chi connectivity index (χ1v) is 9.69. The Kier molecular flexibility index (Phi) is 5.17. The van der Waals surface area contributed by atoms with Crippen LogP contribution in [0.25, 0.3) is 0 Å². The molecule has 2 N–H and O–H groups in total. The Hall–Kier alpha value is -3.04. The fourth-order valence-electron chi connectivity index (χ4n) is 3.61. The van der Waals surface area contributed by atoms with Crippen LogP contribution in [0.4, 0.5) is 30.6 Å². The molecule has 2 heterocycles. The molecule has 0 radical (unpaired) electrons. The Bertz CT molecular complexity index is 997. The smallest absolute Gasteiger partial charge is 0.246 e. The summed E-state index contributed by atoms with van der Waals surface area (Å²) in [5.41, 5.74) is 1.28. The van der Waals surface area contributed by atoms with Crippen LogP contribution < -0.4 is 20.3 Å². The lowest BCUT2D eigenvalue weighted by Gasteiger charge is -2.36. The van der Waals surface area contributed by atoms with Crippen molar-refractivity contribution in [1.82, 2.24) is 9.97 Å². The van der Waals surface area contributed by atoms with Crippen molar-refractivity contribution in [2.45, 2.75) is 38.8 Å². The second kappa shape index (κ2) is 7.66. The number of hydrogen-bond acceptors (Lipinski definition) is 6. The number of amides is 1. The topological polar surface area (TPSA) is 79.4 Å². The number of hydrogen-bond donors (Lipinski definition) is 2. The van der Waals surface area contributed by atoms with E-state index in [4.69, 9.17) is 4.74 Å². The predicted molar refractivity (Wildman–Crippen MR) is 105 cm³/mol. The summed E-state index contributed by atoms with van der Waals surface area (Å²) in [7, 11) is 1.81. The van der Waals surface area contributed by atoms with Crippen molar-refractivity contribution < 1.29 is 22.7 Å². The molecule has 7 nitrogen and oxygen atoms in total. The van der Waals surface area contributed by atoms with Gasteiger partial charge in [-0.15, -0.1) is 0 Å². The fraction of sp³-hybridized carbons (Fsp3) is 0.450. The van der Waals surface area contributed by atoms with Gasteiger partial charge in [0.15, 0.2) is 29.0 Å². The number of carbonyl (C=O) groups excluding carboxylic acids is 1. The molecular formula is C20H22F3N5O2. The molecule has 0 unspecified atom stereocenters. The first-order chi connectivity index (χ1) is 14.2. The molecule has 30 heavy (non-hydrogen) atoms. The lowest BCUT2D eigenvalue weighted by molar-refractivity contribution is -0.117. The quantitative estimate of drug-likeness (QED) is 0.722. The number of rotatable bonds is 5. The first kappa shape index (κ1) is 20.2. The normalized spacial score (nSPS) is 22.8. The largest absolute Gasteiger partial charge is 0.490 e. The summed E-state index contributed by atoms with van der Waals surface area (Å²) in [6, 6.07) is 0.985. The van der Waals surface area contributed by atoms with Crippen molar-refractivity contribution in [3.63, 3.8) is 0 Å². The van der Waals surface area contributed by atoms with Gasteiger partial charge in [0.05, 0.1) is 12.3 Å². The van der Waals surface area contributed by atoms with E-state index in [1.807, 2.05) is 18.9 Å². The van der Waals surface area contributed by atoms with Crippen LogP contribution in [0, 0.1) is 30.3 Å². The van der Waals surface area contributed by atoms with Gasteiger partial charge in [-0.05, 0) is 32.6 Å². The molecule has 0 spiro atoms. The highest BCUT2D eigenvalue weighted by atomic mass is 19.2. The number of halogens is 3. The highest BCUT2D eigenvalue weighted by Gasteiger charge is 2.33. The Morgan fingerprint density at radius 2 is 1.90 bits per heavy atom. The van der Waals surface area contributed by atoms with Crippen LogP contribution >= 0.6 is 0 Å². The zero-order chi connectivity index (χ0) is 21.6. The number of nitrogens with one attached hydrogen (secondary N) is 2. The molecule has 1 aromatic heterocycles. The van der Waals surface area contributed by atoms with Crippen LogP contribution in [-0.4, -0.2) is 41.6 Å². The van der Waals surface area contributed by atoms with E-state index in [0.29, 0.717) is 29.2 Å². The summed E-state index contributed by atoms with van der Waals surface area (Å²) in [6.07, 6.45) is 1.49. The Morgan fingerprint density at radius 1 is 1.20 bits per heavy atom. The maximum atomic E-state index is 13.6. The van der Waals surface area contributed by atoms with Crippen LogP contribution in [0.1, 0.15) is 25.5 Å². The minimum Gasteiger partial charge on any atom is -0.490 e. The number of anilines is 3. The first-order valence-electron chi connectivity index (χ1n) is 9.69. The number of likely N-dealkylation sites (N-methyl/N-ethyl adjacent to an activating group) is 1. The zero-order valence-corrected chi connectivity index (χ0v) is 16.8. The molecule has 160 valence electrons. The lowest BCUT2D eigenvalue weighted by Crippen LogP contribution is -2.45. The van der Waals surface area contributed by atoms with E-state index >= 15 is 0 Å². The standard InChI is InChI=1S/C20H22F3N5O2/c1-9-17-18(28(3)10(2)19(29)26-17)27-20(24-9)25-12-4-11(5-12)8-30-16-7-14(22)13(21)6-15(16)23/h6-7,10-12H,4-5,8H2,1-3H3,(H,26,29)(H,24,25,27)/t10-,11-,12+/m0/s1. The number of carbonyl (C=O) groups is 1. The monoisotopic (exact) mass is 421 g/mol. The van der Waals surface area contributed by atoms with Crippen LogP contribution in [0.2, 0.25) is 0 Å². The minimum atomic E-state index is -1.24. The number of ether oxygens (including phenoxy) is 1. The van der Waals surface area contributed by atoms with E-state index in [1.165, 1.54) is 0 Å². The predicted octanol–water partition coefficient (Wildman–Crippen LogP) is 3.25. The molecule has 10 heteroatoms. The summed E-state index contributed by atoms with van der Waals surface area (Å²) in [6.45, 7) is 3.81. The van der Waals surface area contributed by atoms with Crippen LogP contribution in [0.5, 0.6) is 5.75 Å². The average molecular weight is 421 g/mol. The van der Waals surface area contributed by atoms with Crippen molar-refractivity contribution >= 4 is 23.4 Å².